The predicted molar refractivity (Wildman–Crippen MR) is 57.4 cm³/mol. The summed E-state index contributed by atoms with van der Waals surface area (Å²) in [6.07, 6.45) is 5.58. The van der Waals surface area contributed by atoms with Gasteiger partial charge in [0.15, 0.2) is 5.69 Å². The Labute approximate surface area is 97.8 Å². The first-order valence-electron chi connectivity index (χ1n) is 5.58. The maximum absolute atomic E-state index is 11.6. The Hall–Kier alpha value is -1.92. The van der Waals surface area contributed by atoms with Crippen LogP contribution >= 0.6 is 0 Å². The fourth-order valence-corrected chi connectivity index (χ4v) is 1.96. The Kier molecular flexibility index (Phi) is 3.36. The second kappa shape index (κ2) is 4.94. The van der Waals surface area contributed by atoms with Crippen molar-refractivity contribution in [3.05, 3.63) is 11.9 Å². The summed E-state index contributed by atoms with van der Waals surface area (Å²) in [5.74, 6) is -1.30. The molecule has 1 fully saturated rings. The molecule has 0 radical (unpaired) electrons. The van der Waals surface area contributed by atoms with Gasteiger partial charge < -0.3 is 10.4 Å². The number of carbonyl (C=O) groups excluding carboxylic acids is 1. The van der Waals surface area contributed by atoms with E-state index in [0.717, 1.165) is 25.7 Å². The van der Waals surface area contributed by atoms with Gasteiger partial charge in [-0.15, -0.1) is 5.10 Å². The number of amides is 1. The summed E-state index contributed by atoms with van der Waals surface area (Å²) >= 11 is 0. The molecule has 2 N–H and O–H groups in total. The lowest BCUT2D eigenvalue weighted by molar-refractivity contribution is -0.122. The van der Waals surface area contributed by atoms with Gasteiger partial charge in [0, 0.05) is 6.04 Å². The van der Waals surface area contributed by atoms with Gasteiger partial charge in [-0.05, 0) is 12.8 Å². The number of nitrogens with one attached hydrogen (secondary N) is 1. The van der Waals surface area contributed by atoms with Gasteiger partial charge >= 0.3 is 5.97 Å². The monoisotopic (exact) mass is 238 g/mol. The second-order valence-corrected chi connectivity index (χ2v) is 4.16. The first-order chi connectivity index (χ1) is 8.15. The Morgan fingerprint density at radius 2 is 2.18 bits per heavy atom. The molecule has 1 saturated carbocycles. The number of rotatable bonds is 4. The number of carboxylic acids is 1. The van der Waals surface area contributed by atoms with Gasteiger partial charge in [0.05, 0.1) is 6.20 Å². The van der Waals surface area contributed by atoms with Crippen LogP contribution in [-0.2, 0) is 11.3 Å². The Morgan fingerprint density at radius 3 is 2.76 bits per heavy atom. The molecule has 1 amide bonds. The van der Waals surface area contributed by atoms with Gasteiger partial charge in [-0.1, -0.05) is 18.1 Å². The fraction of sp³-hybridized carbons (Fsp3) is 0.600. The average Bonchev–Trinajstić information content (AvgIpc) is 2.88. The van der Waals surface area contributed by atoms with Crippen molar-refractivity contribution in [1.82, 2.24) is 20.3 Å². The lowest BCUT2D eigenvalue weighted by Gasteiger charge is -2.11. The van der Waals surface area contributed by atoms with E-state index in [1.54, 1.807) is 0 Å². The molecule has 17 heavy (non-hydrogen) atoms. The normalized spacial score (nSPS) is 16.0. The van der Waals surface area contributed by atoms with E-state index < -0.39 is 5.97 Å². The molecule has 92 valence electrons. The standard InChI is InChI=1S/C10H14N4O3/c15-9(11-7-3-1-2-4-7)6-14-5-8(10(16)17)12-13-14/h5,7H,1-4,6H2,(H,11,15)(H,16,17). The molecule has 0 unspecified atom stereocenters. The Morgan fingerprint density at radius 1 is 1.47 bits per heavy atom. The van der Waals surface area contributed by atoms with Crippen molar-refractivity contribution >= 4 is 11.9 Å². The highest BCUT2D eigenvalue weighted by atomic mass is 16.4. The van der Waals surface area contributed by atoms with Crippen molar-refractivity contribution in [2.75, 3.05) is 0 Å². The zero-order valence-corrected chi connectivity index (χ0v) is 9.30. The van der Waals surface area contributed by atoms with E-state index in [4.69, 9.17) is 5.11 Å². The highest BCUT2D eigenvalue weighted by Crippen LogP contribution is 2.17. The van der Waals surface area contributed by atoms with Gasteiger partial charge in [-0.3, -0.25) is 4.79 Å². The number of aromatic nitrogens is 3. The second-order valence-electron chi connectivity index (χ2n) is 4.16. The SMILES string of the molecule is O=C(Cn1cc(C(=O)O)nn1)NC1CCCC1. The molecule has 1 aromatic rings. The van der Waals surface area contributed by atoms with E-state index in [0.29, 0.717) is 0 Å². The van der Waals surface area contributed by atoms with E-state index in [9.17, 15) is 9.59 Å². The summed E-state index contributed by atoms with van der Waals surface area (Å²) in [5, 5.41) is 18.5. The quantitative estimate of drug-likeness (QED) is 0.771. The smallest absolute Gasteiger partial charge is 0.358 e. The van der Waals surface area contributed by atoms with Crippen LogP contribution in [0.15, 0.2) is 6.20 Å². The zero-order chi connectivity index (χ0) is 12.3. The molecule has 7 nitrogen and oxygen atoms in total. The molecule has 0 atom stereocenters. The largest absolute Gasteiger partial charge is 0.476 e. The third-order valence-corrected chi connectivity index (χ3v) is 2.78. The third kappa shape index (κ3) is 3.02. The number of carbonyl (C=O) groups is 2. The van der Waals surface area contributed by atoms with E-state index in [1.165, 1.54) is 10.9 Å². The molecule has 0 aliphatic heterocycles. The summed E-state index contributed by atoms with van der Waals surface area (Å²) in [4.78, 5) is 22.2. The first kappa shape index (κ1) is 11.6. The van der Waals surface area contributed by atoms with Crippen LogP contribution in [0.4, 0.5) is 0 Å². The van der Waals surface area contributed by atoms with E-state index >= 15 is 0 Å². The van der Waals surface area contributed by atoms with Crippen molar-refractivity contribution in [3.63, 3.8) is 0 Å². The minimum Gasteiger partial charge on any atom is -0.476 e. The number of hydrogen-bond donors (Lipinski definition) is 2. The summed E-state index contributed by atoms with van der Waals surface area (Å²) in [6, 6.07) is 0.255. The first-order valence-corrected chi connectivity index (χ1v) is 5.58. The van der Waals surface area contributed by atoms with Crippen molar-refractivity contribution in [1.29, 1.82) is 0 Å². The minimum atomic E-state index is -1.15. The van der Waals surface area contributed by atoms with Crippen LogP contribution in [0.2, 0.25) is 0 Å². The lowest BCUT2D eigenvalue weighted by atomic mass is 10.2. The van der Waals surface area contributed by atoms with Crippen LogP contribution in [0, 0.1) is 0 Å². The van der Waals surface area contributed by atoms with Crippen LogP contribution in [0.1, 0.15) is 36.2 Å². The molecule has 1 aliphatic carbocycles. The van der Waals surface area contributed by atoms with Crippen molar-refractivity contribution in [2.24, 2.45) is 0 Å². The van der Waals surface area contributed by atoms with E-state index in [-0.39, 0.29) is 24.2 Å². The lowest BCUT2D eigenvalue weighted by Crippen LogP contribution is -2.35. The molecule has 1 aliphatic rings. The maximum atomic E-state index is 11.6. The zero-order valence-electron chi connectivity index (χ0n) is 9.30. The average molecular weight is 238 g/mol. The van der Waals surface area contributed by atoms with Gasteiger partial charge in [0.25, 0.3) is 0 Å². The molecular weight excluding hydrogens is 224 g/mol. The highest BCUT2D eigenvalue weighted by Gasteiger charge is 2.17. The highest BCUT2D eigenvalue weighted by molar-refractivity contribution is 5.84. The number of carboxylic acid groups (broad SMARTS) is 1. The molecule has 1 aromatic heterocycles. The molecule has 0 bridgehead atoms. The number of aromatic carboxylic acids is 1. The molecule has 2 rings (SSSR count). The molecule has 1 heterocycles. The van der Waals surface area contributed by atoms with Crippen LogP contribution in [0.5, 0.6) is 0 Å². The molecule has 0 saturated heterocycles. The van der Waals surface area contributed by atoms with Crippen LogP contribution in [0.25, 0.3) is 0 Å². The van der Waals surface area contributed by atoms with E-state index in [2.05, 4.69) is 15.6 Å². The Bertz CT molecular complexity index is 423. The topological polar surface area (TPSA) is 97.1 Å². The number of hydrogen-bond acceptors (Lipinski definition) is 4. The van der Waals surface area contributed by atoms with Crippen molar-refractivity contribution in [2.45, 2.75) is 38.3 Å². The van der Waals surface area contributed by atoms with E-state index in [1.807, 2.05) is 0 Å². The van der Waals surface area contributed by atoms with Crippen LogP contribution in [0.3, 0.4) is 0 Å². The Balaban J connectivity index is 1.86. The summed E-state index contributed by atoms with van der Waals surface area (Å²) < 4.78 is 1.23. The third-order valence-electron chi connectivity index (χ3n) is 2.78. The molecular formula is C10H14N4O3. The van der Waals surface area contributed by atoms with Crippen molar-refractivity contribution in [3.8, 4) is 0 Å². The minimum absolute atomic E-state index is 0.0107. The maximum Gasteiger partial charge on any atom is 0.358 e. The van der Waals surface area contributed by atoms with Crippen LogP contribution < -0.4 is 5.32 Å². The van der Waals surface area contributed by atoms with Gasteiger partial charge in [-0.25, -0.2) is 9.48 Å². The van der Waals surface area contributed by atoms with Crippen LogP contribution in [-0.4, -0.2) is 38.0 Å². The summed E-state index contributed by atoms with van der Waals surface area (Å²) in [7, 11) is 0. The van der Waals surface area contributed by atoms with Gasteiger partial charge in [0.1, 0.15) is 6.54 Å². The summed E-state index contributed by atoms with van der Waals surface area (Å²) in [5.41, 5.74) is -0.154. The molecule has 0 spiro atoms. The number of nitrogens with zero attached hydrogens (tertiary/aromatic N) is 3. The molecule has 0 aromatic carbocycles. The summed E-state index contributed by atoms with van der Waals surface area (Å²) in [6.45, 7) is 0.0107. The van der Waals surface area contributed by atoms with Gasteiger partial charge in [-0.2, -0.15) is 0 Å². The van der Waals surface area contributed by atoms with Crippen molar-refractivity contribution < 1.29 is 14.7 Å². The molecule has 7 heteroatoms. The fourth-order valence-electron chi connectivity index (χ4n) is 1.96. The van der Waals surface area contributed by atoms with Gasteiger partial charge in [0.2, 0.25) is 5.91 Å². The predicted octanol–water partition coefficient (Wildman–Crippen LogP) is 0.0351.